The first-order valence-electron chi connectivity index (χ1n) is 3.83. The molecule has 0 fully saturated rings. The Kier molecular flexibility index (Phi) is 2.06. The molecule has 1 aromatic rings. The zero-order valence-electron chi connectivity index (χ0n) is 7.15. The van der Waals surface area contributed by atoms with Crippen molar-refractivity contribution in [1.29, 1.82) is 0 Å². The van der Waals surface area contributed by atoms with Gasteiger partial charge in [0, 0.05) is 5.56 Å². The second-order valence-electron chi connectivity index (χ2n) is 2.92. The predicted molar refractivity (Wildman–Crippen MR) is 51.3 cm³/mol. The molecule has 0 aromatic heterocycles. The molecule has 5 nitrogen and oxygen atoms in total. The third-order valence-corrected chi connectivity index (χ3v) is 3.58. The standard InChI is InChI=1S/C8H4ClNO4S/c9-7(11)4-1-2-6-5(3-4)8(12)10-15(6,13)14/h1-3H,(H,10,12). The van der Waals surface area contributed by atoms with Gasteiger partial charge in [0.2, 0.25) is 0 Å². The van der Waals surface area contributed by atoms with Crippen molar-refractivity contribution in [2.45, 2.75) is 4.90 Å². The lowest BCUT2D eigenvalue weighted by Gasteiger charge is -1.96. The molecule has 0 spiro atoms. The lowest BCUT2D eigenvalue weighted by Crippen LogP contribution is -2.20. The number of nitrogens with one attached hydrogen (secondary N) is 1. The minimum Gasteiger partial charge on any atom is -0.276 e. The van der Waals surface area contributed by atoms with Gasteiger partial charge in [-0.15, -0.1) is 0 Å². The fourth-order valence-electron chi connectivity index (χ4n) is 1.30. The molecule has 0 saturated carbocycles. The van der Waals surface area contributed by atoms with Gasteiger partial charge >= 0.3 is 0 Å². The van der Waals surface area contributed by atoms with Gasteiger partial charge in [-0.1, -0.05) is 0 Å². The van der Waals surface area contributed by atoms with E-state index in [1.165, 1.54) is 12.1 Å². The van der Waals surface area contributed by atoms with E-state index in [1.807, 2.05) is 0 Å². The number of carbonyl (C=O) groups is 2. The summed E-state index contributed by atoms with van der Waals surface area (Å²) in [4.78, 5) is 21.9. The Bertz CT molecular complexity index is 578. The number of rotatable bonds is 1. The maximum absolute atomic E-state index is 11.3. The summed E-state index contributed by atoms with van der Waals surface area (Å²) in [5.74, 6) is -0.746. The third-order valence-electron chi connectivity index (χ3n) is 1.97. The van der Waals surface area contributed by atoms with Crippen LogP contribution < -0.4 is 4.72 Å². The monoisotopic (exact) mass is 245 g/mol. The molecule has 1 N–H and O–H groups in total. The topological polar surface area (TPSA) is 80.3 Å². The van der Waals surface area contributed by atoms with Gasteiger partial charge in [-0.3, -0.25) is 9.59 Å². The lowest BCUT2D eigenvalue weighted by atomic mass is 10.1. The van der Waals surface area contributed by atoms with Crippen LogP contribution in [0.25, 0.3) is 0 Å². The predicted octanol–water partition coefficient (Wildman–Crippen LogP) is 0.498. The molecule has 1 heterocycles. The van der Waals surface area contributed by atoms with Crippen LogP contribution in [-0.2, 0) is 10.0 Å². The quantitative estimate of drug-likeness (QED) is 0.731. The Morgan fingerprint density at radius 3 is 2.60 bits per heavy atom. The molecule has 1 aliphatic heterocycles. The van der Waals surface area contributed by atoms with Crippen molar-refractivity contribution < 1.29 is 18.0 Å². The van der Waals surface area contributed by atoms with E-state index in [0.717, 1.165) is 6.07 Å². The van der Waals surface area contributed by atoms with Crippen molar-refractivity contribution in [3.63, 3.8) is 0 Å². The Morgan fingerprint density at radius 1 is 1.33 bits per heavy atom. The summed E-state index contributed by atoms with van der Waals surface area (Å²) >= 11 is 5.20. The molecule has 2 rings (SSSR count). The number of amides is 1. The summed E-state index contributed by atoms with van der Waals surface area (Å²) in [6.45, 7) is 0. The van der Waals surface area contributed by atoms with Crippen LogP contribution in [0, 0.1) is 0 Å². The second-order valence-corrected chi connectivity index (χ2v) is 4.91. The first kappa shape index (κ1) is 10.1. The fourth-order valence-corrected chi connectivity index (χ4v) is 2.57. The van der Waals surface area contributed by atoms with Crippen molar-refractivity contribution in [3.8, 4) is 0 Å². The van der Waals surface area contributed by atoms with Gasteiger partial charge < -0.3 is 0 Å². The molecule has 0 radical (unpaired) electrons. The highest BCUT2D eigenvalue weighted by Gasteiger charge is 2.32. The molecule has 0 saturated heterocycles. The van der Waals surface area contributed by atoms with Crippen molar-refractivity contribution in [1.82, 2.24) is 4.72 Å². The van der Waals surface area contributed by atoms with Crippen molar-refractivity contribution in [3.05, 3.63) is 29.3 Å². The van der Waals surface area contributed by atoms with Crippen LogP contribution in [0.4, 0.5) is 0 Å². The number of hydrogen-bond donors (Lipinski definition) is 1. The van der Waals surface area contributed by atoms with E-state index < -0.39 is 21.2 Å². The number of sulfonamides is 1. The van der Waals surface area contributed by atoms with Crippen LogP contribution in [0.3, 0.4) is 0 Å². The molecule has 0 unspecified atom stereocenters. The summed E-state index contributed by atoms with van der Waals surface area (Å²) in [5.41, 5.74) is 0.0316. The van der Waals surface area contributed by atoms with Gasteiger partial charge in [-0.2, -0.15) is 0 Å². The van der Waals surface area contributed by atoms with Gasteiger partial charge in [0.1, 0.15) is 4.90 Å². The van der Waals surface area contributed by atoms with Crippen molar-refractivity contribution >= 4 is 32.8 Å². The van der Waals surface area contributed by atoms with Gasteiger partial charge in [-0.25, -0.2) is 13.1 Å². The second kappa shape index (κ2) is 3.04. The van der Waals surface area contributed by atoms with E-state index in [0.29, 0.717) is 0 Å². The summed E-state index contributed by atoms with van der Waals surface area (Å²) in [6, 6.07) is 3.59. The Balaban J connectivity index is 2.71. The van der Waals surface area contributed by atoms with E-state index in [9.17, 15) is 18.0 Å². The van der Waals surface area contributed by atoms with Crippen molar-refractivity contribution in [2.75, 3.05) is 0 Å². The summed E-state index contributed by atoms with van der Waals surface area (Å²) in [6.07, 6.45) is 0. The van der Waals surface area contributed by atoms with E-state index >= 15 is 0 Å². The maximum atomic E-state index is 11.3. The first-order chi connectivity index (χ1) is 6.92. The average molecular weight is 246 g/mol. The van der Waals surface area contributed by atoms with Gasteiger partial charge in [-0.05, 0) is 29.8 Å². The summed E-state index contributed by atoms with van der Waals surface area (Å²) < 4.78 is 24.4. The number of carbonyl (C=O) groups excluding carboxylic acids is 2. The van der Waals surface area contributed by atoms with E-state index in [1.54, 1.807) is 4.72 Å². The number of hydrogen-bond acceptors (Lipinski definition) is 4. The molecule has 0 aliphatic carbocycles. The normalized spacial score (nSPS) is 17.0. The SMILES string of the molecule is O=C(Cl)c1ccc2c(c1)C(=O)NS2(=O)=O. The van der Waals surface area contributed by atoms with Crippen LogP contribution >= 0.6 is 11.6 Å². The lowest BCUT2D eigenvalue weighted by molar-refractivity contribution is 0.0985. The van der Waals surface area contributed by atoms with E-state index in [-0.39, 0.29) is 16.0 Å². The molecule has 0 bridgehead atoms. The minimum absolute atomic E-state index is 0.0542. The Morgan fingerprint density at radius 2 is 2.00 bits per heavy atom. The van der Waals surface area contributed by atoms with E-state index in [4.69, 9.17) is 11.6 Å². The Hall–Kier alpha value is -1.40. The highest BCUT2D eigenvalue weighted by Crippen LogP contribution is 2.23. The molecule has 7 heteroatoms. The van der Waals surface area contributed by atoms with Gasteiger partial charge in [0.15, 0.2) is 0 Å². The van der Waals surface area contributed by atoms with Crippen LogP contribution in [0.2, 0.25) is 0 Å². The van der Waals surface area contributed by atoms with Crippen LogP contribution in [-0.4, -0.2) is 19.6 Å². The van der Waals surface area contributed by atoms with Crippen molar-refractivity contribution in [2.24, 2.45) is 0 Å². The molecule has 0 atom stereocenters. The molecular weight excluding hydrogens is 242 g/mol. The Labute approximate surface area is 90.1 Å². The van der Waals surface area contributed by atoms with Gasteiger partial charge in [0.25, 0.3) is 21.2 Å². The molecule has 1 aliphatic rings. The molecule has 1 amide bonds. The molecule has 15 heavy (non-hydrogen) atoms. The van der Waals surface area contributed by atoms with Crippen LogP contribution in [0.15, 0.2) is 23.1 Å². The number of halogens is 1. The summed E-state index contributed by atoms with van der Waals surface area (Å²) in [7, 11) is -3.75. The van der Waals surface area contributed by atoms with Crippen LogP contribution in [0.1, 0.15) is 20.7 Å². The van der Waals surface area contributed by atoms with Crippen LogP contribution in [0.5, 0.6) is 0 Å². The fraction of sp³-hybridized carbons (Fsp3) is 0. The zero-order valence-corrected chi connectivity index (χ0v) is 8.72. The minimum atomic E-state index is -3.75. The third kappa shape index (κ3) is 1.51. The molecular formula is C8H4ClNO4S. The summed E-state index contributed by atoms with van der Waals surface area (Å²) in [5, 5.41) is -0.741. The highest BCUT2D eigenvalue weighted by atomic mass is 35.5. The highest BCUT2D eigenvalue weighted by molar-refractivity contribution is 7.90. The molecule has 1 aromatic carbocycles. The average Bonchev–Trinajstić information content (AvgIpc) is 2.37. The maximum Gasteiger partial charge on any atom is 0.266 e. The van der Waals surface area contributed by atoms with Gasteiger partial charge in [0.05, 0.1) is 5.56 Å². The largest absolute Gasteiger partial charge is 0.276 e. The van der Waals surface area contributed by atoms with E-state index in [2.05, 4.69) is 0 Å². The first-order valence-corrected chi connectivity index (χ1v) is 5.69. The number of benzene rings is 1. The smallest absolute Gasteiger partial charge is 0.266 e. The number of fused-ring (bicyclic) bond motifs is 1. The molecule has 78 valence electrons. The zero-order chi connectivity index (χ0) is 11.2.